The normalized spacial score (nSPS) is 10.7. The molecule has 1 amide bonds. The number of hydrogen-bond donors (Lipinski definition) is 1. The maximum absolute atomic E-state index is 13.5. The third kappa shape index (κ3) is 4.24. The number of aromatic nitrogens is 4. The highest BCUT2D eigenvalue weighted by molar-refractivity contribution is 5.92. The largest absolute Gasteiger partial charge is 0.468 e. The van der Waals surface area contributed by atoms with Crippen molar-refractivity contribution in [2.24, 2.45) is 0 Å². The van der Waals surface area contributed by atoms with E-state index in [4.69, 9.17) is 4.74 Å². The molecule has 0 radical (unpaired) electrons. The van der Waals surface area contributed by atoms with Crippen molar-refractivity contribution in [3.05, 3.63) is 65.7 Å². The van der Waals surface area contributed by atoms with Crippen LogP contribution in [0.25, 0.3) is 0 Å². The van der Waals surface area contributed by atoms with E-state index in [1.807, 2.05) is 19.2 Å². The van der Waals surface area contributed by atoms with E-state index in [2.05, 4.69) is 15.5 Å². The van der Waals surface area contributed by atoms with Crippen molar-refractivity contribution < 1.29 is 18.3 Å². The van der Waals surface area contributed by atoms with Gasteiger partial charge in [0.15, 0.2) is 18.3 Å². The Balaban J connectivity index is 1.54. The SMILES string of the molecule is CCn1ccc(CNC(=O)c2ccn(COc3ccc(F)cc3F)n2)n1. The summed E-state index contributed by atoms with van der Waals surface area (Å²) in [6, 6.07) is 6.37. The zero-order valence-electron chi connectivity index (χ0n) is 14.0. The number of nitrogens with zero attached hydrogens (tertiary/aromatic N) is 4. The number of amides is 1. The van der Waals surface area contributed by atoms with Crippen LogP contribution in [-0.2, 0) is 19.8 Å². The summed E-state index contributed by atoms with van der Waals surface area (Å²) in [5.41, 5.74) is 0.942. The van der Waals surface area contributed by atoms with E-state index in [-0.39, 0.29) is 30.6 Å². The Morgan fingerprint density at radius 2 is 1.96 bits per heavy atom. The van der Waals surface area contributed by atoms with Crippen LogP contribution < -0.4 is 10.1 Å². The van der Waals surface area contributed by atoms with Gasteiger partial charge in [0.2, 0.25) is 0 Å². The van der Waals surface area contributed by atoms with Gasteiger partial charge in [0.1, 0.15) is 11.5 Å². The number of benzene rings is 1. The minimum atomic E-state index is -0.804. The van der Waals surface area contributed by atoms with E-state index in [0.29, 0.717) is 0 Å². The quantitative estimate of drug-likeness (QED) is 0.701. The van der Waals surface area contributed by atoms with Crippen molar-refractivity contribution >= 4 is 5.91 Å². The number of rotatable bonds is 7. The van der Waals surface area contributed by atoms with Crippen molar-refractivity contribution in [3.8, 4) is 5.75 Å². The number of ether oxygens (including phenoxy) is 1. The minimum absolute atomic E-state index is 0.0978. The van der Waals surface area contributed by atoms with Crippen LogP contribution in [0.15, 0.2) is 42.7 Å². The highest BCUT2D eigenvalue weighted by Gasteiger charge is 2.11. The summed E-state index contributed by atoms with van der Waals surface area (Å²) in [6.45, 7) is 2.90. The average molecular weight is 361 g/mol. The highest BCUT2D eigenvalue weighted by Crippen LogP contribution is 2.17. The molecule has 1 aromatic carbocycles. The maximum atomic E-state index is 13.5. The van der Waals surface area contributed by atoms with Gasteiger partial charge >= 0.3 is 0 Å². The first-order valence-electron chi connectivity index (χ1n) is 7.97. The molecule has 136 valence electrons. The van der Waals surface area contributed by atoms with Crippen LogP contribution in [0.1, 0.15) is 23.1 Å². The van der Waals surface area contributed by atoms with Gasteiger partial charge in [-0.25, -0.2) is 13.5 Å². The standard InChI is InChI=1S/C17H17F2N5O2/c1-2-23-7-5-13(21-23)10-20-17(25)15-6-8-24(22-15)11-26-16-4-3-12(18)9-14(16)19/h3-9H,2,10-11H2,1H3,(H,20,25). The van der Waals surface area contributed by atoms with Crippen LogP contribution in [0.2, 0.25) is 0 Å². The molecule has 0 unspecified atom stereocenters. The van der Waals surface area contributed by atoms with Crippen LogP contribution in [0.5, 0.6) is 5.75 Å². The molecule has 0 saturated carbocycles. The second-order valence-electron chi connectivity index (χ2n) is 5.43. The van der Waals surface area contributed by atoms with Crippen LogP contribution in [-0.4, -0.2) is 25.5 Å². The summed E-state index contributed by atoms with van der Waals surface area (Å²) >= 11 is 0. The molecule has 0 aliphatic carbocycles. The second kappa shape index (κ2) is 7.77. The summed E-state index contributed by atoms with van der Waals surface area (Å²) < 4.78 is 34.7. The van der Waals surface area contributed by atoms with Crippen molar-refractivity contribution in [3.63, 3.8) is 0 Å². The number of carbonyl (C=O) groups excluding carboxylic acids is 1. The summed E-state index contributed by atoms with van der Waals surface area (Å²) in [5.74, 6) is -1.94. The monoisotopic (exact) mass is 361 g/mol. The van der Waals surface area contributed by atoms with Crippen LogP contribution in [0.3, 0.4) is 0 Å². The average Bonchev–Trinajstić information content (AvgIpc) is 3.28. The summed E-state index contributed by atoms with van der Waals surface area (Å²) in [4.78, 5) is 12.1. The van der Waals surface area contributed by atoms with E-state index in [1.165, 1.54) is 23.0 Å². The Morgan fingerprint density at radius 1 is 1.15 bits per heavy atom. The molecule has 0 fully saturated rings. The third-order valence-electron chi connectivity index (χ3n) is 3.57. The molecule has 0 saturated heterocycles. The molecule has 0 spiro atoms. The number of halogens is 2. The molecule has 0 aliphatic rings. The lowest BCUT2D eigenvalue weighted by Crippen LogP contribution is -2.24. The fourth-order valence-corrected chi connectivity index (χ4v) is 2.22. The molecule has 1 N–H and O–H groups in total. The minimum Gasteiger partial charge on any atom is -0.468 e. The van der Waals surface area contributed by atoms with Gasteiger partial charge in [-0.05, 0) is 31.2 Å². The molecule has 26 heavy (non-hydrogen) atoms. The summed E-state index contributed by atoms with van der Waals surface area (Å²) in [6.07, 6.45) is 3.37. The molecule has 0 bridgehead atoms. The first kappa shape index (κ1) is 17.6. The van der Waals surface area contributed by atoms with Crippen molar-refractivity contribution in [1.29, 1.82) is 0 Å². The van der Waals surface area contributed by atoms with Gasteiger partial charge in [0, 0.05) is 25.0 Å². The van der Waals surface area contributed by atoms with Crippen molar-refractivity contribution in [1.82, 2.24) is 24.9 Å². The van der Waals surface area contributed by atoms with Gasteiger partial charge in [-0.1, -0.05) is 0 Å². The second-order valence-corrected chi connectivity index (χ2v) is 5.43. The van der Waals surface area contributed by atoms with Gasteiger partial charge in [-0.3, -0.25) is 9.48 Å². The zero-order chi connectivity index (χ0) is 18.5. The van der Waals surface area contributed by atoms with Crippen LogP contribution >= 0.6 is 0 Å². The summed E-state index contributed by atoms with van der Waals surface area (Å²) in [5, 5.41) is 11.1. The fraction of sp³-hybridized carbons (Fsp3) is 0.235. The molecule has 0 atom stereocenters. The van der Waals surface area contributed by atoms with Crippen LogP contribution in [0.4, 0.5) is 8.78 Å². The molecule has 3 rings (SSSR count). The van der Waals surface area contributed by atoms with E-state index >= 15 is 0 Å². The highest BCUT2D eigenvalue weighted by atomic mass is 19.1. The molecular formula is C17H17F2N5O2. The van der Waals surface area contributed by atoms with Crippen LogP contribution in [0, 0.1) is 11.6 Å². The van der Waals surface area contributed by atoms with Gasteiger partial charge in [0.05, 0.1) is 12.2 Å². The van der Waals surface area contributed by atoms with E-state index in [9.17, 15) is 13.6 Å². The number of nitrogens with one attached hydrogen (secondary N) is 1. The lowest BCUT2D eigenvalue weighted by Gasteiger charge is -2.07. The van der Waals surface area contributed by atoms with E-state index in [1.54, 1.807) is 4.68 Å². The predicted octanol–water partition coefficient (Wildman–Crippen LogP) is 2.34. The Bertz CT molecular complexity index is 906. The first-order valence-corrected chi connectivity index (χ1v) is 7.97. The maximum Gasteiger partial charge on any atom is 0.272 e. The zero-order valence-corrected chi connectivity index (χ0v) is 14.0. The molecule has 9 heteroatoms. The summed E-state index contributed by atoms with van der Waals surface area (Å²) in [7, 11) is 0. The third-order valence-corrected chi connectivity index (χ3v) is 3.57. The molecule has 0 aliphatic heterocycles. The van der Waals surface area contributed by atoms with Gasteiger partial charge in [0.25, 0.3) is 5.91 Å². The number of carbonyl (C=O) groups is 1. The van der Waals surface area contributed by atoms with Gasteiger partial charge < -0.3 is 10.1 Å². The predicted molar refractivity (Wildman–Crippen MR) is 88.3 cm³/mol. The van der Waals surface area contributed by atoms with Gasteiger partial charge in [-0.15, -0.1) is 0 Å². The lowest BCUT2D eigenvalue weighted by molar-refractivity contribution is 0.0943. The topological polar surface area (TPSA) is 74.0 Å². The first-order chi connectivity index (χ1) is 12.5. The smallest absolute Gasteiger partial charge is 0.272 e. The Hall–Kier alpha value is -3.23. The fourth-order valence-electron chi connectivity index (χ4n) is 2.22. The number of aryl methyl sites for hydroxylation is 1. The van der Waals surface area contributed by atoms with Gasteiger partial charge in [-0.2, -0.15) is 10.2 Å². The number of hydrogen-bond acceptors (Lipinski definition) is 4. The molecule has 2 aromatic heterocycles. The Labute approximate surface area is 148 Å². The molecular weight excluding hydrogens is 344 g/mol. The van der Waals surface area contributed by atoms with E-state index < -0.39 is 11.6 Å². The van der Waals surface area contributed by atoms with Crippen molar-refractivity contribution in [2.45, 2.75) is 26.7 Å². The Morgan fingerprint density at radius 3 is 2.69 bits per heavy atom. The molecule has 2 heterocycles. The Kier molecular flexibility index (Phi) is 5.26. The molecule has 3 aromatic rings. The van der Waals surface area contributed by atoms with E-state index in [0.717, 1.165) is 24.4 Å². The lowest BCUT2D eigenvalue weighted by atomic mass is 10.3. The van der Waals surface area contributed by atoms with Crippen molar-refractivity contribution in [2.75, 3.05) is 0 Å². The molecule has 7 nitrogen and oxygen atoms in total.